The van der Waals surface area contributed by atoms with Crippen LogP contribution in [-0.4, -0.2) is 30.5 Å². The first-order valence-corrected chi connectivity index (χ1v) is 8.54. The van der Waals surface area contributed by atoms with Crippen molar-refractivity contribution in [3.8, 4) is 0 Å². The molecule has 1 aromatic heterocycles. The average molecular weight is 286 g/mol. The standard InChI is InChI=1S/C12H22N4O2S/c1-8(2)14-12-10(19(3,17)18)11(13)16(15-12)9-6-4-5-7-9/h8-9H,4-7,13H2,1-3H3,(H,14,15). The summed E-state index contributed by atoms with van der Waals surface area (Å²) in [6.45, 7) is 3.88. The summed E-state index contributed by atoms with van der Waals surface area (Å²) in [5, 5.41) is 7.47. The van der Waals surface area contributed by atoms with Gasteiger partial charge in [0.1, 0.15) is 5.82 Å². The van der Waals surface area contributed by atoms with Crippen molar-refractivity contribution in [3.05, 3.63) is 0 Å². The van der Waals surface area contributed by atoms with E-state index in [4.69, 9.17) is 5.73 Å². The van der Waals surface area contributed by atoms with E-state index in [0.717, 1.165) is 25.7 Å². The maximum atomic E-state index is 11.9. The van der Waals surface area contributed by atoms with Gasteiger partial charge in [-0.15, -0.1) is 0 Å². The Morgan fingerprint density at radius 2 is 1.95 bits per heavy atom. The van der Waals surface area contributed by atoms with Crippen LogP contribution in [0.1, 0.15) is 45.6 Å². The first kappa shape index (κ1) is 14.2. The lowest BCUT2D eigenvalue weighted by atomic mass is 10.2. The summed E-state index contributed by atoms with van der Waals surface area (Å²) < 4.78 is 25.5. The van der Waals surface area contributed by atoms with Crippen LogP contribution in [0.25, 0.3) is 0 Å². The van der Waals surface area contributed by atoms with Crippen LogP contribution < -0.4 is 11.1 Å². The quantitative estimate of drug-likeness (QED) is 0.881. The fourth-order valence-corrected chi connectivity index (χ4v) is 3.52. The van der Waals surface area contributed by atoms with Gasteiger partial charge in [-0.05, 0) is 26.7 Å². The largest absolute Gasteiger partial charge is 0.383 e. The molecule has 0 aliphatic heterocycles. The SMILES string of the molecule is CC(C)Nc1nn(C2CCCC2)c(N)c1S(C)(=O)=O. The Kier molecular flexibility index (Phi) is 3.75. The molecule has 1 saturated carbocycles. The van der Waals surface area contributed by atoms with Crippen molar-refractivity contribution >= 4 is 21.5 Å². The Labute approximate surface area is 114 Å². The number of hydrogen-bond donors (Lipinski definition) is 2. The molecular weight excluding hydrogens is 264 g/mol. The summed E-state index contributed by atoms with van der Waals surface area (Å²) >= 11 is 0. The fraction of sp³-hybridized carbons (Fsp3) is 0.750. The average Bonchev–Trinajstić information content (AvgIpc) is 2.83. The highest BCUT2D eigenvalue weighted by atomic mass is 32.2. The zero-order valence-electron chi connectivity index (χ0n) is 11.7. The van der Waals surface area contributed by atoms with E-state index >= 15 is 0 Å². The zero-order valence-corrected chi connectivity index (χ0v) is 12.5. The molecule has 0 spiro atoms. The molecule has 6 nitrogen and oxygen atoms in total. The zero-order chi connectivity index (χ0) is 14.2. The number of rotatable bonds is 4. The molecule has 0 bridgehead atoms. The van der Waals surface area contributed by atoms with Gasteiger partial charge in [0.15, 0.2) is 20.6 Å². The molecule has 0 unspecified atom stereocenters. The van der Waals surface area contributed by atoms with E-state index in [9.17, 15) is 8.42 Å². The molecule has 1 fully saturated rings. The molecule has 0 aromatic carbocycles. The van der Waals surface area contributed by atoms with Crippen LogP contribution in [-0.2, 0) is 9.84 Å². The van der Waals surface area contributed by atoms with Crippen molar-refractivity contribution in [1.29, 1.82) is 0 Å². The predicted octanol–water partition coefficient (Wildman–Crippen LogP) is 1.80. The van der Waals surface area contributed by atoms with Gasteiger partial charge >= 0.3 is 0 Å². The fourth-order valence-electron chi connectivity index (χ4n) is 2.59. The molecule has 2 rings (SSSR count). The first-order chi connectivity index (χ1) is 8.80. The smallest absolute Gasteiger partial charge is 0.182 e. The van der Waals surface area contributed by atoms with E-state index < -0.39 is 9.84 Å². The second-order valence-corrected chi connectivity index (χ2v) is 7.47. The van der Waals surface area contributed by atoms with Crippen LogP contribution in [0.2, 0.25) is 0 Å². The Morgan fingerprint density at radius 1 is 1.37 bits per heavy atom. The second-order valence-electron chi connectivity index (χ2n) is 5.52. The van der Waals surface area contributed by atoms with E-state index in [1.165, 1.54) is 6.26 Å². The molecular formula is C12H22N4O2S. The van der Waals surface area contributed by atoms with E-state index in [1.54, 1.807) is 4.68 Å². The van der Waals surface area contributed by atoms with Crippen LogP contribution >= 0.6 is 0 Å². The second kappa shape index (κ2) is 5.03. The lowest BCUT2D eigenvalue weighted by Gasteiger charge is -2.11. The number of nitrogen functional groups attached to an aromatic ring is 1. The minimum Gasteiger partial charge on any atom is -0.383 e. The van der Waals surface area contributed by atoms with Gasteiger partial charge in [0.2, 0.25) is 0 Å². The Hall–Kier alpha value is -1.24. The van der Waals surface area contributed by atoms with E-state index in [-0.39, 0.29) is 22.8 Å². The van der Waals surface area contributed by atoms with Crippen molar-refractivity contribution in [2.24, 2.45) is 0 Å². The Balaban J connectivity index is 2.50. The molecule has 0 atom stereocenters. The number of nitrogens with one attached hydrogen (secondary N) is 1. The molecule has 7 heteroatoms. The molecule has 1 aliphatic carbocycles. The summed E-state index contributed by atoms with van der Waals surface area (Å²) in [6, 6.07) is 0.329. The van der Waals surface area contributed by atoms with Crippen molar-refractivity contribution in [2.45, 2.75) is 56.5 Å². The van der Waals surface area contributed by atoms with Crippen LogP contribution in [0.4, 0.5) is 11.6 Å². The highest BCUT2D eigenvalue weighted by Gasteiger charge is 2.28. The molecule has 0 amide bonds. The normalized spacial score (nSPS) is 17.3. The summed E-state index contributed by atoms with van der Waals surface area (Å²) in [7, 11) is -3.39. The molecule has 0 saturated heterocycles. The summed E-state index contributed by atoms with van der Waals surface area (Å²) in [4.78, 5) is 0.133. The van der Waals surface area contributed by atoms with E-state index in [0.29, 0.717) is 5.82 Å². The third-order valence-electron chi connectivity index (χ3n) is 3.37. The molecule has 0 radical (unpaired) electrons. The van der Waals surface area contributed by atoms with Gasteiger partial charge in [0.25, 0.3) is 0 Å². The molecule has 19 heavy (non-hydrogen) atoms. The molecule has 1 aromatic rings. The Morgan fingerprint density at radius 3 is 2.42 bits per heavy atom. The third-order valence-corrected chi connectivity index (χ3v) is 4.51. The lowest BCUT2D eigenvalue weighted by Crippen LogP contribution is -2.13. The maximum Gasteiger partial charge on any atom is 0.182 e. The number of hydrogen-bond acceptors (Lipinski definition) is 5. The number of nitrogens with zero attached hydrogens (tertiary/aromatic N) is 2. The summed E-state index contributed by atoms with van der Waals surface area (Å²) in [5.74, 6) is 0.638. The number of sulfone groups is 1. The van der Waals surface area contributed by atoms with Crippen LogP contribution in [0.5, 0.6) is 0 Å². The van der Waals surface area contributed by atoms with Crippen LogP contribution in [0, 0.1) is 0 Å². The third kappa shape index (κ3) is 2.86. The van der Waals surface area contributed by atoms with Gasteiger partial charge in [-0.2, -0.15) is 5.10 Å². The molecule has 1 heterocycles. The maximum absolute atomic E-state index is 11.9. The summed E-state index contributed by atoms with van der Waals surface area (Å²) in [6.07, 6.45) is 5.48. The van der Waals surface area contributed by atoms with Crippen LogP contribution in [0.3, 0.4) is 0 Å². The number of anilines is 2. The van der Waals surface area contributed by atoms with Crippen molar-refractivity contribution in [1.82, 2.24) is 9.78 Å². The highest BCUT2D eigenvalue weighted by Crippen LogP contribution is 2.36. The van der Waals surface area contributed by atoms with Gasteiger partial charge < -0.3 is 11.1 Å². The predicted molar refractivity (Wildman–Crippen MR) is 76.0 cm³/mol. The van der Waals surface area contributed by atoms with Gasteiger partial charge in [-0.25, -0.2) is 13.1 Å². The molecule has 3 N–H and O–H groups in total. The Bertz CT molecular complexity index is 557. The topological polar surface area (TPSA) is 90.0 Å². The van der Waals surface area contributed by atoms with Crippen LogP contribution in [0.15, 0.2) is 4.90 Å². The van der Waals surface area contributed by atoms with E-state index in [2.05, 4.69) is 10.4 Å². The minimum atomic E-state index is -3.39. The highest BCUT2D eigenvalue weighted by molar-refractivity contribution is 7.91. The van der Waals surface area contributed by atoms with Gasteiger partial charge in [0, 0.05) is 12.3 Å². The van der Waals surface area contributed by atoms with Gasteiger partial charge in [-0.1, -0.05) is 12.8 Å². The number of nitrogens with two attached hydrogens (primary N) is 1. The van der Waals surface area contributed by atoms with Crippen molar-refractivity contribution in [2.75, 3.05) is 17.3 Å². The van der Waals surface area contributed by atoms with E-state index in [1.807, 2.05) is 13.8 Å². The summed E-state index contributed by atoms with van der Waals surface area (Å²) in [5.41, 5.74) is 6.03. The number of aromatic nitrogens is 2. The van der Waals surface area contributed by atoms with Crippen molar-refractivity contribution in [3.63, 3.8) is 0 Å². The first-order valence-electron chi connectivity index (χ1n) is 6.65. The molecule has 108 valence electrons. The monoisotopic (exact) mass is 286 g/mol. The van der Waals surface area contributed by atoms with Crippen molar-refractivity contribution < 1.29 is 8.42 Å². The van der Waals surface area contributed by atoms with Gasteiger partial charge in [-0.3, -0.25) is 0 Å². The molecule has 1 aliphatic rings. The minimum absolute atomic E-state index is 0.104. The van der Waals surface area contributed by atoms with Gasteiger partial charge in [0.05, 0.1) is 6.04 Å². The lowest BCUT2D eigenvalue weighted by molar-refractivity contribution is 0.474.